The molecule has 26 heavy (non-hydrogen) atoms. The van der Waals surface area contributed by atoms with Gasteiger partial charge < -0.3 is 20.4 Å². The topological polar surface area (TPSA) is 115 Å². The second-order valence-electron chi connectivity index (χ2n) is 5.78. The number of hydrogen-bond acceptors (Lipinski definition) is 4. The molecule has 0 radical (unpaired) electrons. The summed E-state index contributed by atoms with van der Waals surface area (Å²) in [5.74, 6) is -3.95. The molecule has 0 spiro atoms. The van der Waals surface area contributed by atoms with Crippen LogP contribution in [0.1, 0.15) is 25.0 Å². The fourth-order valence-corrected chi connectivity index (χ4v) is 1.83. The molecule has 2 atom stereocenters. The number of aliphatic hydroxyl groups is 2. The highest BCUT2D eigenvalue weighted by atomic mass is 19.1. The summed E-state index contributed by atoms with van der Waals surface area (Å²) in [6.45, 7) is 2.20. The van der Waals surface area contributed by atoms with Crippen LogP contribution >= 0.6 is 0 Å². The smallest absolute Gasteiger partial charge is 0.340 e. The summed E-state index contributed by atoms with van der Waals surface area (Å²) in [4.78, 5) is 21.1. The van der Waals surface area contributed by atoms with Crippen LogP contribution in [0.5, 0.6) is 0 Å². The molecule has 0 aliphatic heterocycles. The van der Waals surface area contributed by atoms with Crippen molar-refractivity contribution in [2.75, 3.05) is 0 Å². The first-order valence-electron chi connectivity index (χ1n) is 7.32. The number of aliphatic carboxylic acids is 2. The van der Waals surface area contributed by atoms with Crippen LogP contribution < -0.4 is 0 Å². The van der Waals surface area contributed by atoms with Gasteiger partial charge >= 0.3 is 11.9 Å². The molecule has 0 unspecified atom stereocenters. The van der Waals surface area contributed by atoms with Gasteiger partial charge in [0.2, 0.25) is 0 Å². The van der Waals surface area contributed by atoms with Crippen LogP contribution in [-0.4, -0.2) is 32.4 Å². The number of hydrogen-bond donors (Lipinski definition) is 4. The average molecular weight is 368 g/mol. The van der Waals surface area contributed by atoms with E-state index in [4.69, 9.17) is 10.2 Å². The average Bonchev–Trinajstić information content (AvgIpc) is 2.55. The third-order valence-corrected chi connectivity index (χ3v) is 3.61. The van der Waals surface area contributed by atoms with Crippen molar-refractivity contribution in [2.24, 2.45) is 0 Å². The monoisotopic (exact) mass is 368 g/mol. The molecular formula is C18H18F2O6. The second-order valence-corrected chi connectivity index (χ2v) is 5.78. The molecule has 0 saturated heterocycles. The van der Waals surface area contributed by atoms with Gasteiger partial charge in [0.25, 0.3) is 0 Å². The molecule has 6 nitrogen and oxygen atoms in total. The summed E-state index contributed by atoms with van der Waals surface area (Å²) in [5.41, 5.74) is -4.02. The molecule has 0 aromatic heterocycles. The van der Waals surface area contributed by atoms with Gasteiger partial charge in [-0.05, 0) is 49.2 Å². The van der Waals surface area contributed by atoms with E-state index in [1.54, 1.807) is 0 Å². The third kappa shape index (κ3) is 5.08. The Bertz CT molecular complexity index is 734. The normalized spacial score (nSPS) is 15.0. The summed E-state index contributed by atoms with van der Waals surface area (Å²) in [6.07, 6.45) is 0. The van der Waals surface area contributed by atoms with E-state index in [1.807, 2.05) is 0 Å². The second kappa shape index (κ2) is 8.03. The van der Waals surface area contributed by atoms with Crippen molar-refractivity contribution in [1.82, 2.24) is 0 Å². The predicted molar refractivity (Wildman–Crippen MR) is 87.2 cm³/mol. The summed E-state index contributed by atoms with van der Waals surface area (Å²) in [6, 6.07) is 9.77. The van der Waals surface area contributed by atoms with Gasteiger partial charge in [-0.2, -0.15) is 0 Å². The van der Waals surface area contributed by atoms with E-state index >= 15 is 0 Å². The fraction of sp³-hybridized carbons (Fsp3) is 0.222. The lowest BCUT2D eigenvalue weighted by atomic mass is 9.96. The largest absolute Gasteiger partial charge is 0.479 e. The molecule has 0 saturated carbocycles. The lowest BCUT2D eigenvalue weighted by Crippen LogP contribution is -2.31. The SMILES string of the molecule is C[C@@](O)(C(=O)O)c1cccc(F)c1.C[C@](O)(C(=O)O)c1cccc(F)c1. The number of carboxylic acids is 2. The maximum absolute atomic E-state index is 12.7. The Morgan fingerprint density at radius 3 is 1.31 bits per heavy atom. The molecule has 0 bridgehead atoms. The molecule has 2 aromatic carbocycles. The van der Waals surface area contributed by atoms with Crippen LogP contribution in [0.3, 0.4) is 0 Å². The maximum Gasteiger partial charge on any atom is 0.340 e. The van der Waals surface area contributed by atoms with Gasteiger partial charge in [-0.1, -0.05) is 24.3 Å². The highest BCUT2D eigenvalue weighted by molar-refractivity contribution is 5.78. The lowest BCUT2D eigenvalue weighted by molar-refractivity contribution is -0.158. The van der Waals surface area contributed by atoms with Gasteiger partial charge in [0.15, 0.2) is 11.2 Å². The molecule has 2 rings (SSSR count). The standard InChI is InChI=1S/2C9H9FO3/c2*1-9(13,8(11)12)6-3-2-4-7(10)5-6/h2*2-5,13H,1H3,(H,11,12)/t2*9-/m10/s1. The first-order valence-corrected chi connectivity index (χ1v) is 7.32. The molecule has 0 heterocycles. The van der Waals surface area contributed by atoms with Crippen LogP contribution in [0.15, 0.2) is 48.5 Å². The predicted octanol–water partition coefficient (Wildman–Crippen LogP) is 2.24. The van der Waals surface area contributed by atoms with Crippen molar-refractivity contribution in [3.63, 3.8) is 0 Å². The van der Waals surface area contributed by atoms with E-state index < -0.39 is 34.8 Å². The highest BCUT2D eigenvalue weighted by Crippen LogP contribution is 2.22. The number of carbonyl (C=O) groups is 2. The molecular weight excluding hydrogens is 350 g/mol. The molecule has 2 aromatic rings. The minimum Gasteiger partial charge on any atom is -0.479 e. The zero-order valence-corrected chi connectivity index (χ0v) is 14.0. The van der Waals surface area contributed by atoms with Gasteiger partial charge in [-0.3, -0.25) is 0 Å². The Hall–Kier alpha value is -2.84. The Morgan fingerprint density at radius 1 is 0.769 bits per heavy atom. The number of halogens is 2. The van der Waals surface area contributed by atoms with Crippen LogP contribution in [0.4, 0.5) is 8.78 Å². The van der Waals surface area contributed by atoms with E-state index in [9.17, 15) is 28.6 Å². The van der Waals surface area contributed by atoms with E-state index in [2.05, 4.69) is 0 Å². The fourth-order valence-electron chi connectivity index (χ4n) is 1.83. The summed E-state index contributed by atoms with van der Waals surface area (Å²) in [5, 5.41) is 36.1. The number of carboxylic acid groups (broad SMARTS) is 2. The molecule has 0 amide bonds. The highest BCUT2D eigenvalue weighted by Gasteiger charge is 2.33. The van der Waals surface area contributed by atoms with Crippen LogP contribution in [0, 0.1) is 11.6 Å². The van der Waals surface area contributed by atoms with Crippen molar-refractivity contribution in [1.29, 1.82) is 0 Å². The molecule has 8 heteroatoms. The van der Waals surface area contributed by atoms with Crippen LogP contribution in [0.2, 0.25) is 0 Å². The van der Waals surface area contributed by atoms with Gasteiger partial charge in [-0.15, -0.1) is 0 Å². The van der Waals surface area contributed by atoms with Crippen molar-refractivity contribution < 1.29 is 38.8 Å². The molecule has 0 aliphatic rings. The zero-order valence-electron chi connectivity index (χ0n) is 14.0. The third-order valence-electron chi connectivity index (χ3n) is 3.61. The Labute approximate surface area is 148 Å². The summed E-state index contributed by atoms with van der Waals surface area (Å²) >= 11 is 0. The Balaban J connectivity index is 0.000000260. The molecule has 0 fully saturated rings. The zero-order chi connectivity index (χ0) is 20.1. The number of rotatable bonds is 4. The van der Waals surface area contributed by atoms with E-state index in [-0.39, 0.29) is 11.1 Å². The minimum atomic E-state index is -2.04. The van der Waals surface area contributed by atoms with Crippen LogP contribution in [0.25, 0.3) is 0 Å². The van der Waals surface area contributed by atoms with Crippen LogP contribution in [-0.2, 0) is 20.8 Å². The molecule has 0 aliphatic carbocycles. The van der Waals surface area contributed by atoms with E-state index in [0.29, 0.717) is 0 Å². The summed E-state index contributed by atoms with van der Waals surface area (Å²) in [7, 11) is 0. The Morgan fingerprint density at radius 2 is 1.08 bits per heavy atom. The van der Waals surface area contributed by atoms with Crippen molar-refractivity contribution in [3.05, 3.63) is 71.3 Å². The van der Waals surface area contributed by atoms with Crippen molar-refractivity contribution >= 4 is 11.9 Å². The quantitative estimate of drug-likeness (QED) is 0.658. The van der Waals surface area contributed by atoms with E-state index in [1.165, 1.54) is 36.4 Å². The maximum atomic E-state index is 12.7. The summed E-state index contributed by atoms with van der Waals surface area (Å²) < 4.78 is 25.3. The van der Waals surface area contributed by atoms with Crippen molar-refractivity contribution in [2.45, 2.75) is 25.0 Å². The van der Waals surface area contributed by atoms with Gasteiger partial charge in [0, 0.05) is 0 Å². The number of benzene rings is 2. The van der Waals surface area contributed by atoms with Gasteiger partial charge in [0.1, 0.15) is 11.6 Å². The lowest BCUT2D eigenvalue weighted by Gasteiger charge is -2.17. The molecule has 140 valence electrons. The van der Waals surface area contributed by atoms with Gasteiger partial charge in [-0.25, -0.2) is 18.4 Å². The van der Waals surface area contributed by atoms with Crippen molar-refractivity contribution in [3.8, 4) is 0 Å². The Kier molecular flexibility index (Phi) is 6.55. The molecule has 4 N–H and O–H groups in total. The first-order chi connectivity index (χ1) is 11.9. The van der Waals surface area contributed by atoms with E-state index in [0.717, 1.165) is 26.0 Å². The first kappa shape index (κ1) is 21.2. The minimum absolute atomic E-state index is 0.0278. The van der Waals surface area contributed by atoms with Gasteiger partial charge in [0.05, 0.1) is 0 Å².